The molecule has 102 valence electrons. The van der Waals surface area contributed by atoms with Crippen LogP contribution < -0.4 is 10.0 Å². The summed E-state index contributed by atoms with van der Waals surface area (Å²) < 4.78 is 26.6. The van der Waals surface area contributed by atoms with Crippen molar-refractivity contribution in [3.05, 3.63) is 0 Å². The predicted molar refractivity (Wildman–Crippen MR) is 71.5 cm³/mol. The van der Waals surface area contributed by atoms with Crippen LogP contribution in [-0.4, -0.2) is 33.3 Å². The van der Waals surface area contributed by atoms with Crippen LogP contribution in [0.1, 0.15) is 46.0 Å². The van der Waals surface area contributed by atoms with Gasteiger partial charge in [0.1, 0.15) is 0 Å². The fourth-order valence-corrected chi connectivity index (χ4v) is 3.63. The van der Waals surface area contributed by atoms with E-state index >= 15 is 0 Å². The lowest BCUT2D eigenvalue weighted by Gasteiger charge is -2.29. The van der Waals surface area contributed by atoms with Crippen LogP contribution in [0.25, 0.3) is 0 Å². The second-order valence-electron chi connectivity index (χ2n) is 5.05. The highest BCUT2D eigenvalue weighted by atomic mass is 32.2. The molecule has 1 saturated carbocycles. The number of sulfonamides is 1. The Morgan fingerprint density at radius 3 is 2.53 bits per heavy atom. The number of rotatable bonds is 7. The van der Waals surface area contributed by atoms with Gasteiger partial charge in [0.25, 0.3) is 0 Å². The van der Waals surface area contributed by atoms with E-state index in [2.05, 4.69) is 23.9 Å². The summed E-state index contributed by atoms with van der Waals surface area (Å²) in [4.78, 5) is 0. The van der Waals surface area contributed by atoms with E-state index in [-0.39, 0.29) is 11.8 Å². The van der Waals surface area contributed by atoms with Gasteiger partial charge in [0.2, 0.25) is 10.0 Å². The molecule has 0 aromatic rings. The molecule has 17 heavy (non-hydrogen) atoms. The van der Waals surface area contributed by atoms with Gasteiger partial charge in [-0.2, -0.15) is 0 Å². The van der Waals surface area contributed by atoms with Gasteiger partial charge in [0.05, 0.1) is 5.75 Å². The normalized spacial score (nSPS) is 26.0. The summed E-state index contributed by atoms with van der Waals surface area (Å²) in [6.45, 7) is 5.64. The Morgan fingerprint density at radius 2 is 1.88 bits per heavy atom. The third kappa shape index (κ3) is 5.84. The van der Waals surface area contributed by atoms with Crippen LogP contribution in [0.15, 0.2) is 0 Å². The molecule has 0 radical (unpaired) electrons. The third-order valence-electron chi connectivity index (χ3n) is 3.42. The van der Waals surface area contributed by atoms with Crippen LogP contribution in [0.5, 0.6) is 0 Å². The first-order valence-corrected chi connectivity index (χ1v) is 8.41. The molecule has 2 unspecified atom stereocenters. The smallest absolute Gasteiger partial charge is 0.213 e. The minimum Gasteiger partial charge on any atom is -0.316 e. The summed E-state index contributed by atoms with van der Waals surface area (Å²) in [6.07, 6.45) is 5.54. The Labute approximate surface area is 106 Å². The SMILES string of the molecule is CCCNCCS(=O)(=O)NC1CCCCC1C. The molecular weight excluding hydrogens is 236 g/mol. The molecule has 1 aliphatic carbocycles. The third-order valence-corrected chi connectivity index (χ3v) is 4.82. The first kappa shape index (κ1) is 14.9. The van der Waals surface area contributed by atoms with Crippen molar-refractivity contribution >= 4 is 10.0 Å². The molecule has 0 spiro atoms. The zero-order chi connectivity index (χ0) is 12.7. The molecular formula is C12H26N2O2S. The first-order chi connectivity index (χ1) is 8.05. The van der Waals surface area contributed by atoms with Gasteiger partial charge in [0.15, 0.2) is 0 Å². The summed E-state index contributed by atoms with van der Waals surface area (Å²) in [5.41, 5.74) is 0. The van der Waals surface area contributed by atoms with Gasteiger partial charge in [-0.25, -0.2) is 13.1 Å². The second kappa shape index (κ2) is 7.34. The Morgan fingerprint density at radius 1 is 1.18 bits per heavy atom. The number of hydrogen-bond donors (Lipinski definition) is 2. The zero-order valence-electron chi connectivity index (χ0n) is 11.0. The average Bonchev–Trinajstić information content (AvgIpc) is 2.28. The molecule has 1 aliphatic rings. The number of hydrogen-bond acceptors (Lipinski definition) is 3. The molecule has 1 fully saturated rings. The molecule has 0 heterocycles. The average molecular weight is 262 g/mol. The highest BCUT2D eigenvalue weighted by molar-refractivity contribution is 7.89. The minimum absolute atomic E-state index is 0.153. The molecule has 0 aromatic heterocycles. The van der Waals surface area contributed by atoms with E-state index in [1.807, 2.05) is 0 Å². The fourth-order valence-electron chi connectivity index (χ4n) is 2.29. The lowest BCUT2D eigenvalue weighted by Crippen LogP contribution is -2.43. The minimum atomic E-state index is -3.11. The summed E-state index contributed by atoms with van der Waals surface area (Å²) in [7, 11) is -3.11. The van der Waals surface area contributed by atoms with Gasteiger partial charge < -0.3 is 5.32 Å². The molecule has 0 amide bonds. The highest BCUT2D eigenvalue weighted by Crippen LogP contribution is 2.24. The summed E-state index contributed by atoms with van der Waals surface area (Å²) >= 11 is 0. The lowest BCUT2D eigenvalue weighted by atomic mass is 9.87. The van der Waals surface area contributed by atoms with E-state index in [9.17, 15) is 8.42 Å². The Balaban J connectivity index is 2.32. The van der Waals surface area contributed by atoms with Crippen LogP contribution in [0.3, 0.4) is 0 Å². The summed E-state index contributed by atoms with van der Waals surface area (Å²) in [5, 5.41) is 3.12. The van der Waals surface area contributed by atoms with Gasteiger partial charge in [-0.3, -0.25) is 0 Å². The van der Waals surface area contributed by atoms with Crippen molar-refractivity contribution in [3.8, 4) is 0 Å². The standard InChI is InChI=1S/C12H26N2O2S/c1-3-8-13-9-10-17(15,16)14-12-7-5-4-6-11(12)2/h11-14H,3-10H2,1-2H3. The van der Waals surface area contributed by atoms with E-state index < -0.39 is 10.0 Å². The largest absolute Gasteiger partial charge is 0.316 e. The molecule has 0 aromatic carbocycles. The maximum atomic E-state index is 11.9. The van der Waals surface area contributed by atoms with Crippen molar-refractivity contribution in [2.45, 2.75) is 52.0 Å². The van der Waals surface area contributed by atoms with Crippen LogP contribution in [0.4, 0.5) is 0 Å². The second-order valence-corrected chi connectivity index (χ2v) is 6.93. The Kier molecular flexibility index (Phi) is 6.44. The maximum Gasteiger partial charge on any atom is 0.213 e. The van der Waals surface area contributed by atoms with E-state index in [0.717, 1.165) is 32.2 Å². The van der Waals surface area contributed by atoms with E-state index in [0.29, 0.717) is 12.5 Å². The van der Waals surface area contributed by atoms with Crippen LogP contribution in [0, 0.1) is 5.92 Å². The van der Waals surface area contributed by atoms with E-state index in [1.165, 1.54) is 6.42 Å². The molecule has 0 saturated heterocycles. The van der Waals surface area contributed by atoms with Crippen LogP contribution >= 0.6 is 0 Å². The zero-order valence-corrected chi connectivity index (χ0v) is 11.9. The van der Waals surface area contributed by atoms with E-state index in [1.54, 1.807) is 0 Å². The highest BCUT2D eigenvalue weighted by Gasteiger charge is 2.25. The van der Waals surface area contributed by atoms with Gasteiger partial charge in [-0.1, -0.05) is 26.7 Å². The molecule has 4 nitrogen and oxygen atoms in total. The Bertz CT molecular complexity index is 304. The first-order valence-electron chi connectivity index (χ1n) is 6.76. The summed E-state index contributed by atoms with van der Waals surface area (Å²) in [6, 6.07) is 0.153. The number of nitrogens with one attached hydrogen (secondary N) is 2. The van der Waals surface area contributed by atoms with Crippen molar-refractivity contribution in [2.24, 2.45) is 5.92 Å². The molecule has 2 atom stereocenters. The van der Waals surface area contributed by atoms with Crippen LogP contribution in [-0.2, 0) is 10.0 Å². The maximum absolute atomic E-state index is 11.9. The van der Waals surface area contributed by atoms with Gasteiger partial charge >= 0.3 is 0 Å². The van der Waals surface area contributed by atoms with Gasteiger partial charge in [-0.15, -0.1) is 0 Å². The molecule has 2 N–H and O–H groups in total. The molecule has 5 heteroatoms. The van der Waals surface area contributed by atoms with Crippen LogP contribution in [0.2, 0.25) is 0 Å². The van der Waals surface area contributed by atoms with Crippen molar-refractivity contribution in [1.82, 2.24) is 10.0 Å². The quantitative estimate of drug-likeness (QED) is 0.683. The van der Waals surface area contributed by atoms with Gasteiger partial charge in [-0.05, 0) is 31.7 Å². The predicted octanol–water partition coefficient (Wildman–Crippen LogP) is 1.48. The van der Waals surface area contributed by atoms with Crippen molar-refractivity contribution in [2.75, 3.05) is 18.8 Å². The lowest BCUT2D eigenvalue weighted by molar-refractivity contribution is 0.310. The van der Waals surface area contributed by atoms with Crippen molar-refractivity contribution in [3.63, 3.8) is 0 Å². The monoisotopic (exact) mass is 262 g/mol. The molecule has 0 bridgehead atoms. The summed E-state index contributed by atoms with van der Waals surface area (Å²) in [5.74, 6) is 0.665. The van der Waals surface area contributed by atoms with Gasteiger partial charge in [0, 0.05) is 12.6 Å². The van der Waals surface area contributed by atoms with Crippen molar-refractivity contribution in [1.29, 1.82) is 0 Å². The topological polar surface area (TPSA) is 58.2 Å². The Hall–Kier alpha value is -0.130. The molecule has 1 rings (SSSR count). The fraction of sp³-hybridized carbons (Fsp3) is 1.00. The van der Waals surface area contributed by atoms with E-state index in [4.69, 9.17) is 0 Å². The van der Waals surface area contributed by atoms with Crippen molar-refractivity contribution < 1.29 is 8.42 Å². The molecule has 0 aliphatic heterocycles.